The Labute approximate surface area is 250 Å². The van der Waals surface area contributed by atoms with Gasteiger partial charge < -0.3 is 30.0 Å². The molecule has 2 atom stereocenters. The maximum absolute atomic E-state index is 13.1. The standard InChI is InChI=1S/C12H13N3O3.C9H10FN3O2.C5H11NO.C2H7N/c16-15(17)9-3-4-12-11(6-9)13-8-14(12)7-10-2-1-5-18-10;1-12(2)6-11-9-5-7(13(14)15)3-4-8(9)10;6-4-5-2-1-3-7-5;1-3-2/h3-4,6,8,10H,1-2,5,7H2;3-6H,1-2H3;5H,1-4,6H2;3H,1-2H3. The largest absolute Gasteiger partial charge is 0.377 e. The van der Waals surface area contributed by atoms with Crippen molar-refractivity contribution in [3.63, 3.8) is 0 Å². The molecule has 3 heterocycles. The Morgan fingerprint density at radius 1 is 1.07 bits per heavy atom. The van der Waals surface area contributed by atoms with E-state index in [4.69, 9.17) is 15.2 Å². The Hall–Kier alpha value is -4.05. The van der Waals surface area contributed by atoms with Crippen molar-refractivity contribution in [1.82, 2.24) is 19.8 Å². The lowest BCUT2D eigenvalue weighted by atomic mass is 10.2. The van der Waals surface area contributed by atoms with Gasteiger partial charge in [0.1, 0.15) is 11.5 Å². The summed E-state index contributed by atoms with van der Waals surface area (Å²) in [6, 6.07) is 7.98. The van der Waals surface area contributed by atoms with Crippen LogP contribution in [0.5, 0.6) is 0 Å². The average Bonchev–Trinajstić information content (AvgIpc) is 3.77. The number of imidazole rings is 1. The van der Waals surface area contributed by atoms with Crippen LogP contribution in [0.3, 0.4) is 0 Å². The SMILES string of the molecule is CN(C)C=Nc1cc([N+](=O)[O-])ccc1F.CNC.NCC1CCCO1.O=[N+]([O-])c1ccc2c(c1)ncn2CC1CCCO1. The topological polar surface area (TPSA) is 176 Å². The van der Waals surface area contributed by atoms with Crippen LogP contribution in [-0.4, -0.2) is 90.8 Å². The third-order valence-electron chi connectivity index (χ3n) is 6.09. The van der Waals surface area contributed by atoms with Gasteiger partial charge in [0, 0.05) is 58.1 Å². The molecule has 2 fully saturated rings. The van der Waals surface area contributed by atoms with Gasteiger partial charge in [0.05, 0.1) is 52.3 Å². The monoisotopic (exact) mass is 604 g/mol. The Morgan fingerprint density at radius 3 is 2.16 bits per heavy atom. The van der Waals surface area contributed by atoms with Gasteiger partial charge in [-0.3, -0.25) is 20.2 Å². The highest BCUT2D eigenvalue weighted by Gasteiger charge is 2.18. The number of aromatic nitrogens is 2. The first-order chi connectivity index (χ1) is 20.6. The van der Waals surface area contributed by atoms with E-state index in [1.54, 1.807) is 31.4 Å². The molecule has 0 radical (unpaired) electrons. The second-order valence-electron chi connectivity index (χ2n) is 9.93. The number of nitrogens with one attached hydrogen (secondary N) is 1. The van der Waals surface area contributed by atoms with Crippen LogP contribution < -0.4 is 11.1 Å². The predicted molar refractivity (Wildman–Crippen MR) is 163 cm³/mol. The molecule has 15 heteroatoms. The Bertz CT molecular complexity index is 1320. The predicted octanol–water partition coefficient (Wildman–Crippen LogP) is 4.04. The zero-order valence-electron chi connectivity index (χ0n) is 25.0. The molecule has 3 aromatic rings. The molecule has 2 saturated heterocycles. The summed E-state index contributed by atoms with van der Waals surface area (Å²) in [5.74, 6) is -0.585. The minimum atomic E-state index is -0.589. The summed E-state index contributed by atoms with van der Waals surface area (Å²) in [5, 5.41) is 23.9. The maximum atomic E-state index is 13.1. The Morgan fingerprint density at radius 2 is 1.65 bits per heavy atom. The minimum Gasteiger partial charge on any atom is -0.377 e. The van der Waals surface area contributed by atoms with Crippen molar-refractivity contribution in [3.05, 3.63) is 68.8 Å². The van der Waals surface area contributed by atoms with Crippen molar-refractivity contribution in [2.45, 2.75) is 44.4 Å². The lowest BCUT2D eigenvalue weighted by molar-refractivity contribution is -0.385. The van der Waals surface area contributed by atoms with Gasteiger partial charge in [-0.1, -0.05) is 0 Å². The van der Waals surface area contributed by atoms with Gasteiger partial charge in [-0.2, -0.15) is 0 Å². The number of nitrogens with zero attached hydrogens (tertiary/aromatic N) is 6. The highest BCUT2D eigenvalue weighted by Crippen LogP contribution is 2.24. The number of halogens is 1. The van der Waals surface area contributed by atoms with E-state index in [0.29, 0.717) is 18.2 Å². The van der Waals surface area contributed by atoms with Crippen LogP contribution >= 0.6 is 0 Å². The first kappa shape index (κ1) is 35.1. The number of ether oxygens (including phenoxy) is 2. The number of non-ortho nitro benzene ring substituents is 2. The van der Waals surface area contributed by atoms with Crippen molar-refractivity contribution in [3.8, 4) is 0 Å². The molecular weight excluding hydrogens is 563 g/mol. The molecule has 43 heavy (non-hydrogen) atoms. The summed E-state index contributed by atoms with van der Waals surface area (Å²) >= 11 is 0. The number of nitrogens with two attached hydrogens (primary N) is 1. The summed E-state index contributed by atoms with van der Waals surface area (Å²) < 4.78 is 25.9. The number of aliphatic imine (C=N–C) groups is 1. The molecule has 0 bridgehead atoms. The third kappa shape index (κ3) is 12.0. The van der Waals surface area contributed by atoms with E-state index in [-0.39, 0.29) is 23.2 Å². The molecule has 1 aromatic heterocycles. The van der Waals surface area contributed by atoms with E-state index in [1.165, 1.54) is 24.9 Å². The van der Waals surface area contributed by atoms with Crippen molar-refractivity contribution in [2.75, 3.05) is 47.9 Å². The summed E-state index contributed by atoms with van der Waals surface area (Å²) in [7, 11) is 7.19. The fourth-order valence-electron chi connectivity index (χ4n) is 4.04. The fourth-order valence-corrected chi connectivity index (χ4v) is 4.04. The summed E-state index contributed by atoms with van der Waals surface area (Å²) in [6.45, 7) is 3.19. The quantitative estimate of drug-likeness (QED) is 0.173. The number of nitro groups is 2. The number of nitro benzene ring substituents is 2. The highest BCUT2D eigenvalue weighted by molar-refractivity contribution is 5.78. The van der Waals surface area contributed by atoms with E-state index in [2.05, 4.69) is 15.3 Å². The van der Waals surface area contributed by atoms with Crippen LogP contribution in [0.1, 0.15) is 25.7 Å². The van der Waals surface area contributed by atoms with Gasteiger partial charge in [-0.25, -0.2) is 14.4 Å². The van der Waals surface area contributed by atoms with Gasteiger partial charge in [-0.15, -0.1) is 0 Å². The molecule has 0 aliphatic carbocycles. The van der Waals surface area contributed by atoms with E-state index in [0.717, 1.165) is 62.7 Å². The van der Waals surface area contributed by atoms with Crippen LogP contribution in [0.2, 0.25) is 0 Å². The maximum Gasteiger partial charge on any atom is 0.271 e. The van der Waals surface area contributed by atoms with Gasteiger partial charge in [0.25, 0.3) is 11.4 Å². The van der Waals surface area contributed by atoms with Crippen molar-refractivity contribution < 1.29 is 23.7 Å². The molecule has 0 saturated carbocycles. The molecule has 2 unspecified atom stereocenters. The summed E-state index contributed by atoms with van der Waals surface area (Å²) in [6.07, 6.45) is 8.23. The molecule has 2 aromatic carbocycles. The molecule has 5 rings (SSSR count). The molecular formula is C28H41FN8O6. The zero-order chi connectivity index (χ0) is 31.8. The lowest BCUT2D eigenvalue weighted by Gasteiger charge is -2.10. The van der Waals surface area contributed by atoms with Gasteiger partial charge in [-0.05, 0) is 51.9 Å². The Balaban J connectivity index is 0.000000232. The first-order valence-electron chi connectivity index (χ1n) is 13.8. The number of hydrogen-bond acceptors (Lipinski definition) is 10. The van der Waals surface area contributed by atoms with E-state index >= 15 is 0 Å². The van der Waals surface area contributed by atoms with E-state index in [9.17, 15) is 24.6 Å². The molecule has 236 valence electrons. The second-order valence-corrected chi connectivity index (χ2v) is 9.93. The lowest BCUT2D eigenvalue weighted by Crippen LogP contribution is -2.17. The van der Waals surface area contributed by atoms with E-state index < -0.39 is 15.7 Å². The molecule has 2 aliphatic heterocycles. The number of hydrogen-bond donors (Lipinski definition) is 2. The summed E-state index contributed by atoms with van der Waals surface area (Å²) in [4.78, 5) is 29.7. The third-order valence-corrected chi connectivity index (χ3v) is 6.09. The van der Waals surface area contributed by atoms with Crippen LogP contribution in [0.25, 0.3) is 11.0 Å². The second kappa shape index (κ2) is 18.5. The summed E-state index contributed by atoms with van der Waals surface area (Å²) in [5.41, 5.74) is 6.73. The molecule has 0 spiro atoms. The van der Waals surface area contributed by atoms with Crippen molar-refractivity contribution in [2.24, 2.45) is 10.7 Å². The normalized spacial score (nSPS) is 17.3. The van der Waals surface area contributed by atoms with Crippen LogP contribution in [0.15, 0.2) is 47.7 Å². The molecule has 0 amide bonds. The number of rotatable bonds is 7. The van der Waals surface area contributed by atoms with Crippen LogP contribution in [0, 0.1) is 26.0 Å². The van der Waals surface area contributed by atoms with Crippen LogP contribution in [0.4, 0.5) is 21.5 Å². The van der Waals surface area contributed by atoms with Crippen molar-refractivity contribution in [1.29, 1.82) is 0 Å². The zero-order valence-corrected chi connectivity index (χ0v) is 25.0. The highest BCUT2D eigenvalue weighted by atomic mass is 19.1. The number of fused-ring (bicyclic) bond motifs is 1. The molecule has 2 aliphatic rings. The van der Waals surface area contributed by atoms with Gasteiger partial charge in [0.2, 0.25) is 0 Å². The average molecular weight is 605 g/mol. The Kier molecular flexibility index (Phi) is 15.1. The molecule has 14 nitrogen and oxygen atoms in total. The first-order valence-corrected chi connectivity index (χ1v) is 13.8. The minimum absolute atomic E-state index is 0.0436. The number of benzene rings is 2. The van der Waals surface area contributed by atoms with Crippen LogP contribution in [-0.2, 0) is 16.0 Å². The van der Waals surface area contributed by atoms with Gasteiger partial charge in [0.15, 0.2) is 0 Å². The smallest absolute Gasteiger partial charge is 0.271 e. The van der Waals surface area contributed by atoms with Gasteiger partial charge >= 0.3 is 0 Å². The van der Waals surface area contributed by atoms with Crippen molar-refractivity contribution >= 4 is 34.4 Å². The fraction of sp³-hybridized carbons (Fsp3) is 0.500. The molecule has 3 N–H and O–H groups in total. The van der Waals surface area contributed by atoms with E-state index in [1.807, 2.05) is 18.7 Å².